The molecule has 11 nitrogen and oxygen atoms in total. The minimum Gasteiger partial charge on any atom is -0.440 e. The molecule has 1 aliphatic heterocycles. The highest BCUT2D eigenvalue weighted by Gasteiger charge is 2.37. The van der Waals surface area contributed by atoms with E-state index in [1.54, 1.807) is 40.1 Å². The van der Waals surface area contributed by atoms with Crippen molar-refractivity contribution in [1.82, 2.24) is 24.4 Å². The van der Waals surface area contributed by atoms with Gasteiger partial charge in [-0.25, -0.2) is 23.4 Å². The van der Waals surface area contributed by atoms with E-state index in [0.29, 0.717) is 42.8 Å². The Bertz CT molecular complexity index is 1710. The molecule has 0 saturated carbocycles. The van der Waals surface area contributed by atoms with E-state index in [1.165, 1.54) is 12.1 Å². The first-order valence-corrected chi connectivity index (χ1v) is 13.4. The van der Waals surface area contributed by atoms with Gasteiger partial charge in [-0.15, -0.1) is 0 Å². The molecule has 1 unspecified atom stereocenters. The zero-order chi connectivity index (χ0) is 28.5. The SMILES string of the molecule is [N-]=[N+]=NC1c2cccnc2[C@H](OC(=O)N2CCC(n3c(=O)[nH]c4ncccc43)CC2)CC[C@H]1c1cccc(F)c1F. The van der Waals surface area contributed by atoms with Crippen molar-refractivity contribution in [2.45, 2.75) is 49.8 Å². The zero-order valence-electron chi connectivity index (χ0n) is 21.9. The van der Waals surface area contributed by atoms with Crippen molar-refractivity contribution in [2.75, 3.05) is 13.1 Å². The lowest BCUT2D eigenvalue weighted by atomic mass is 9.86. The van der Waals surface area contributed by atoms with Gasteiger partial charge in [0.25, 0.3) is 0 Å². The summed E-state index contributed by atoms with van der Waals surface area (Å²) < 4.78 is 36.6. The number of aromatic amines is 1. The van der Waals surface area contributed by atoms with Gasteiger partial charge in [0.15, 0.2) is 17.3 Å². The van der Waals surface area contributed by atoms with Gasteiger partial charge in [0.1, 0.15) is 6.10 Å². The second kappa shape index (κ2) is 11.0. The number of carbonyl (C=O) groups is 1. The maximum atomic E-state index is 14.9. The van der Waals surface area contributed by atoms with Crippen LogP contribution in [0.2, 0.25) is 0 Å². The van der Waals surface area contributed by atoms with E-state index in [-0.39, 0.29) is 30.1 Å². The minimum atomic E-state index is -0.996. The molecule has 3 atom stereocenters. The summed E-state index contributed by atoms with van der Waals surface area (Å²) in [6.07, 6.45) is 3.49. The molecular weight excluding hydrogens is 534 g/mol. The first-order valence-electron chi connectivity index (χ1n) is 13.4. The second-order valence-electron chi connectivity index (χ2n) is 10.2. The summed E-state index contributed by atoms with van der Waals surface area (Å²) in [6.45, 7) is 0.756. The number of azide groups is 1. The first kappa shape index (κ1) is 26.5. The highest BCUT2D eigenvalue weighted by Crippen LogP contribution is 2.46. The Hall–Kier alpha value is -4.77. The highest BCUT2D eigenvalue weighted by molar-refractivity contribution is 5.70. The number of fused-ring (bicyclic) bond motifs is 2. The lowest BCUT2D eigenvalue weighted by molar-refractivity contribution is 0.0472. The Labute approximate surface area is 232 Å². The monoisotopic (exact) mass is 560 g/mol. The van der Waals surface area contributed by atoms with Crippen LogP contribution in [0, 0.1) is 11.6 Å². The van der Waals surface area contributed by atoms with Gasteiger partial charge in [-0.05, 0) is 72.5 Å². The van der Waals surface area contributed by atoms with Gasteiger partial charge in [0, 0.05) is 36.4 Å². The molecule has 0 radical (unpaired) electrons. The van der Waals surface area contributed by atoms with Gasteiger partial charge in [0.05, 0.1) is 17.3 Å². The van der Waals surface area contributed by atoms with Crippen molar-refractivity contribution in [3.05, 3.63) is 104 Å². The van der Waals surface area contributed by atoms with Crippen LogP contribution in [0.3, 0.4) is 0 Å². The van der Waals surface area contributed by atoms with E-state index >= 15 is 0 Å². The predicted molar refractivity (Wildman–Crippen MR) is 144 cm³/mol. The summed E-state index contributed by atoms with van der Waals surface area (Å²) in [5, 5.41) is 3.94. The molecule has 210 valence electrons. The van der Waals surface area contributed by atoms with E-state index in [0.717, 1.165) is 11.6 Å². The number of ether oxygens (including phenoxy) is 1. The number of nitrogens with zero attached hydrogens (tertiary/aromatic N) is 7. The number of carbonyl (C=O) groups excluding carboxylic acids is 1. The van der Waals surface area contributed by atoms with Crippen molar-refractivity contribution in [2.24, 2.45) is 5.11 Å². The van der Waals surface area contributed by atoms with E-state index in [1.807, 2.05) is 6.07 Å². The lowest BCUT2D eigenvalue weighted by Gasteiger charge is -2.33. The molecular formula is C28H26F2N8O3. The number of halogens is 2. The number of rotatable bonds is 4. The van der Waals surface area contributed by atoms with Crippen LogP contribution in [0.5, 0.6) is 0 Å². The maximum Gasteiger partial charge on any atom is 0.410 e. The summed E-state index contributed by atoms with van der Waals surface area (Å²) in [5.74, 6) is -2.67. The summed E-state index contributed by atoms with van der Waals surface area (Å²) in [7, 11) is 0. The summed E-state index contributed by atoms with van der Waals surface area (Å²) in [4.78, 5) is 41.9. The van der Waals surface area contributed by atoms with Gasteiger partial charge in [-0.1, -0.05) is 23.3 Å². The third-order valence-corrected chi connectivity index (χ3v) is 7.99. The molecule has 41 heavy (non-hydrogen) atoms. The van der Waals surface area contributed by atoms with Crippen LogP contribution in [0.1, 0.15) is 66.6 Å². The number of benzene rings is 1. The van der Waals surface area contributed by atoms with Crippen molar-refractivity contribution in [1.29, 1.82) is 0 Å². The molecule has 13 heteroatoms. The standard InChI is InChI=1S/C28H26F2N8O3/c29-20-6-1-4-17(23(20)30)18-8-9-22(25-19(5-2-12-32-25)24(18)35-36-31)41-28(40)37-14-10-16(11-15-37)38-21-7-3-13-33-26(21)34-27(38)39/h1-7,12-13,16,18,22,24H,8-11,14-15H2,(H,33,34,39)/t18-,22+,24?/m0/s1. The first-order chi connectivity index (χ1) is 20.0. The molecule has 1 fully saturated rings. The van der Waals surface area contributed by atoms with Crippen molar-refractivity contribution in [3.63, 3.8) is 0 Å². The minimum absolute atomic E-state index is 0.0916. The number of likely N-dealkylation sites (tertiary alicyclic amines) is 1. The summed E-state index contributed by atoms with van der Waals surface area (Å²) in [5.41, 5.74) is 11.3. The van der Waals surface area contributed by atoms with E-state index in [2.05, 4.69) is 25.0 Å². The third kappa shape index (κ3) is 4.89. The normalized spacial score (nSPS) is 21.1. The Balaban J connectivity index is 1.21. The molecule has 1 aliphatic carbocycles. The molecule has 4 heterocycles. The number of hydrogen-bond donors (Lipinski definition) is 1. The molecule has 1 N–H and O–H groups in total. The van der Waals surface area contributed by atoms with Crippen LogP contribution < -0.4 is 5.69 Å². The van der Waals surface area contributed by atoms with Crippen LogP contribution in [-0.2, 0) is 4.74 Å². The summed E-state index contributed by atoms with van der Waals surface area (Å²) in [6, 6.07) is 9.93. The third-order valence-electron chi connectivity index (χ3n) is 7.99. The molecule has 2 aliphatic rings. The number of aromatic nitrogens is 4. The van der Waals surface area contributed by atoms with Crippen LogP contribution in [0.25, 0.3) is 21.6 Å². The average molecular weight is 561 g/mol. The lowest BCUT2D eigenvalue weighted by Crippen LogP contribution is -2.41. The molecule has 0 spiro atoms. The number of imidazole rings is 1. The molecule has 0 bridgehead atoms. The second-order valence-corrected chi connectivity index (χ2v) is 10.2. The van der Waals surface area contributed by atoms with Gasteiger partial charge in [-0.3, -0.25) is 14.5 Å². The predicted octanol–water partition coefficient (Wildman–Crippen LogP) is 5.84. The maximum absolute atomic E-state index is 14.9. The number of hydrogen-bond acceptors (Lipinski definition) is 6. The fourth-order valence-corrected chi connectivity index (χ4v) is 6.06. The van der Waals surface area contributed by atoms with E-state index in [9.17, 15) is 23.9 Å². The number of pyridine rings is 2. The number of amides is 1. The van der Waals surface area contributed by atoms with Gasteiger partial charge in [-0.2, -0.15) is 0 Å². The Morgan fingerprint density at radius 1 is 1.02 bits per heavy atom. The number of H-pyrrole nitrogens is 1. The van der Waals surface area contributed by atoms with Crippen LogP contribution in [-0.4, -0.2) is 43.6 Å². The molecule has 3 aromatic heterocycles. The average Bonchev–Trinajstić information content (AvgIpc) is 3.25. The highest BCUT2D eigenvalue weighted by atomic mass is 19.2. The number of nitrogens with one attached hydrogen (secondary N) is 1. The van der Waals surface area contributed by atoms with Crippen molar-refractivity contribution >= 4 is 17.3 Å². The van der Waals surface area contributed by atoms with E-state index < -0.39 is 35.8 Å². The van der Waals surface area contributed by atoms with Crippen LogP contribution in [0.4, 0.5) is 13.6 Å². The smallest absolute Gasteiger partial charge is 0.410 e. The Morgan fingerprint density at radius 3 is 2.59 bits per heavy atom. The van der Waals surface area contributed by atoms with Crippen LogP contribution >= 0.6 is 0 Å². The topological polar surface area (TPSA) is 142 Å². The van der Waals surface area contributed by atoms with E-state index in [4.69, 9.17) is 4.74 Å². The molecule has 4 aromatic rings. The molecule has 1 amide bonds. The number of piperidine rings is 1. The zero-order valence-corrected chi connectivity index (χ0v) is 21.9. The van der Waals surface area contributed by atoms with Crippen molar-refractivity contribution < 1.29 is 18.3 Å². The molecule has 6 rings (SSSR count). The summed E-state index contributed by atoms with van der Waals surface area (Å²) >= 11 is 0. The molecule has 1 aromatic carbocycles. The van der Waals surface area contributed by atoms with Crippen LogP contribution in [0.15, 0.2) is 64.8 Å². The van der Waals surface area contributed by atoms with Gasteiger partial charge in [0.2, 0.25) is 0 Å². The largest absolute Gasteiger partial charge is 0.440 e. The van der Waals surface area contributed by atoms with Gasteiger partial charge >= 0.3 is 11.8 Å². The Kier molecular flexibility index (Phi) is 7.10. The van der Waals surface area contributed by atoms with Crippen molar-refractivity contribution in [3.8, 4) is 0 Å². The molecule has 1 saturated heterocycles. The van der Waals surface area contributed by atoms with Gasteiger partial charge < -0.3 is 9.64 Å². The quantitative estimate of drug-likeness (QED) is 0.144. The fourth-order valence-electron chi connectivity index (χ4n) is 6.06. The Morgan fingerprint density at radius 2 is 1.78 bits per heavy atom. The fraction of sp³-hybridized carbons (Fsp3) is 0.357.